The van der Waals surface area contributed by atoms with E-state index in [2.05, 4.69) is 59.4 Å². The van der Waals surface area contributed by atoms with Crippen molar-refractivity contribution in [1.82, 2.24) is 5.32 Å². The van der Waals surface area contributed by atoms with Gasteiger partial charge in [0.15, 0.2) is 0 Å². The summed E-state index contributed by atoms with van der Waals surface area (Å²) in [6.45, 7) is 4.60. The minimum absolute atomic E-state index is 0.457. The predicted molar refractivity (Wildman–Crippen MR) is 81.7 cm³/mol. The lowest BCUT2D eigenvalue weighted by Crippen LogP contribution is -2.35. The molecule has 100 valence electrons. The average molecular weight is 310 g/mol. The summed E-state index contributed by atoms with van der Waals surface area (Å²) in [5.74, 6) is 0.938. The maximum Gasteiger partial charge on any atom is 0.0294 e. The van der Waals surface area contributed by atoms with Crippen LogP contribution in [0.15, 0.2) is 28.7 Å². The van der Waals surface area contributed by atoms with Crippen LogP contribution in [0.25, 0.3) is 0 Å². The van der Waals surface area contributed by atoms with Crippen molar-refractivity contribution in [2.24, 2.45) is 5.92 Å². The molecule has 1 N–H and O–H groups in total. The van der Waals surface area contributed by atoms with E-state index in [9.17, 15) is 0 Å². The fourth-order valence-electron chi connectivity index (χ4n) is 3.01. The van der Waals surface area contributed by atoms with E-state index in [-0.39, 0.29) is 0 Å². The van der Waals surface area contributed by atoms with Crippen molar-refractivity contribution in [3.63, 3.8) is 0 Å². The van der Waals surface area contributed by atoms with Gasteiger partial charge in [-0.2, -0.15) is 0 Å². The first-order valence-electron chi connectivity index (χ1n) is 7.20. The van der Waals surface area contributed by atoms with Gasteiger partial charge in [0, 0.05) is 16.6 Å². The Morgan fingerprint density at radius 2 is 2.00 bits per heavy atom. The fourth-order valence-corrected chi connectivity index (χ4v) is 3.28. The third kappa shape index (κ3) is 3.83. The van der Waals surface area contributed by atoms with Crippen LogP contribution in [0.1, 0.15) is 57.6 Å². The van der Waals surface area contributed by atoms with E-state index in [0.717, 1.165) is 10.4 Å². The number of rotatable bonds is 4. The Morgan fingerprint density at radius 3 is 2.67 bits per heavy atom. The molecule has 1 aromatic rings. The van der Waals surface area contributed by atoms with Crippen molar-refractivity contribution >= 4 is 15.9 Å². The van der Waals surface area contributed by atoms with Crippen LogP contribution in [0.5, 0.6) is 0 Å². The first-order chi connectivity index (χ1) is 8.69. The lowest BCUT2D eigenvalue weighted by Gasteiger charge is -2.31. The monoisotopic (exact) mass is 309 g/mol. The van der Waals surface area contributed by atoms with Gasteiger partial charge in [-0.3, -0.25) is 0 Å². The van der Waals surface area contributed by atoms with Crippen LogP contribution in [0.3, 0.4) is 0 Å². The van der Waals surface area contributed by atoms with Crippen LogP contribution < -0.4 is 5.32 Å². The van der Waals surface area contributed by atoms with Gasteiger partial charge in [0.1, 0.15) is 0 Å². The van der Waals surface area contributed by atoms with Crippen molar-refractivity contribution in [1.29, 1.82) is 0 Å². The molecule has 1 fully saturated rings. The highest BCUT2D eigenvalue weighted by Gasteiger charge is 2.21. The summed E-state index contributed by atoms with van der Waals surface area (Å²) in [4.78, 5) is 0. The molecule has 1 aromatic carbocycles. The minimum Gasteiger partial charge on any atom is -0.307 e. The van der Waals surface area contributed by atoms with Gasteiger partial charge in [-0.1, -0.05) is 54.2 Å². The van der Waals surface area contributed by atoms with E-state index >= 15 is 0 Å². The van der Waals surface area contributed by atoms with Gasteiger partial charge < -0.3 is 5.32 Å². The average Bonchev–Trinajstić information content (AvgIpc) is 2.39. The Balaban J connectivity index is 1.90. The smallest absolute Gasteiger partial charge is 0.0294 e. The molecule has 0 heterocycles. The molecule has 0 saturated heterocycles. The molecular weight excluding hydrogens is 286 g/mol. The predicted octanol–water partition coefficient (Wildman–Crippen LogP) is 5.07. The summed E-state index contributed by atoms with van der Waals surface area (Å²) < 4.78 is 1.15. The molecule has 0 aliphatic heterocycles. The first-order valence-corrected chi connectivity index (χ1v) is 8.00. The summed E-state index contributed by atoms with van der Waals surface area (Å²) in [6.07, 6.45) is 6.87. The lowest BCUT2D eigenvalue weighted by molar-refractivity contribution is 0.266. The highest BCUT2D eigenvalue weighted by molar-refractivity contribution is 9.10. The second-order valence-electron chi connectivity index (χ2n) is 5.58. The summed E-state index contributed by atoms with van der Waals surface area (Å²) in [6, 6.07) is 9.84. The molecule has 3 unspecified atom stereocenters. The van der Waals surface area contributed by atoms with E-state index in [1.54, 1.807) is 0 Å². The van der Waals surface area contributed by atoms with Crippen molar-refractivity contribution in [3.8, 4) is 0 Å². The molecule has 1 aliphatic rings. The molecule has 0 spiro atoms. The van der Waals surface area contributed by atoms with Gasteiger partial charge in [-0.05, 0) is 43.4 Å². The van der Waals surface area contributed by atoms with Crippen molar-refractivity contribution < 1.29 is 0 Å². The van der Waals surface area contributed by atoms with E-state index in [4.69, 9.17) is 0 Å². The van der Waals surface area contributed by atoms with Crippen LogP contribution in [0, 0.1) is 5.92 Å². The molecule has 2 heteroatoms. The normalized spacial score (nSPS) is 25.9. The van der Waals surface area contributed by atoms with Gasteiger partial charge in [-0.15, -0.1) is 0 Å². The summed E-state index contributed by atoms with van der Waals surface area (Å²) in [5, 5.41) is 3.80. The Hall–Kier alpha value is -0.340. The second-order valence-corrected chi connectivity index (χ2v) is 6.49. The number of hydrogen-bond acceptors (Lipinski definition) is 1. The maximum atomic E-state index is 3.80. The molecule has 0 aromatic heterocycles. The number of halogens is 1. The lowest BCUT2D eigenvalue weighted by atomic mass is 9.84. The molecule has 1 saturated carbocycles. The molecule has 2 rings (SSSR count). The van der Waals surface area contributed by atoms with Crippen molar-refractivity contribution in [2.45, 2.75) is 58.0 Å². The molecule has 1 aliphatic carbocycles. The van der Waals surface area contributed by atoms with Crippen LogP contribution in [-0.2, 0) is 0 Å². The second kappa shape index (κ2) is 6.72. The molecule has 0 radical (unpaired) electrons. The standard InChI is InChI=1S/C16H24BrN/c1-3-13-5-4-6-16(11-13)18-12(2)14-7-9-15(17)10-8-14/h7-10,12-13,16,18H,3-6,11H2,1-2H3. The summed E-state index contributed by atoms with van der Waals surface area (Å²) >= 11 is 3.49. The SMILES string of the molecule is CCC1CCCC(NC(C)c2ccc(Br)cc2)C1. The van der Waals surface area contributed by atoms with Gasteiger partial charge in [0.25, 0.3) is 0 Å². The Labute approximate surface area is 119 Å². The maximum absolute atomic E-state index is 3.80. The van der Waals surface area contributed by atoms with Crippen LogP contribution >= 0.6 is 15.9 Å². The molecule has 3 atom stereocenters. The number of hydrogen-bond donors (Lipinski definition) is 1. The van der Waals surface area contributed by atoms with Crippen LogP contribution in [0.4, 0.5) is 0 Å². The Bertz CT molecular complexity index is 360. The zero-order valence-electron chi connectivity index (χ0n) is 11.5. The molecule has 1 nitrogen and oxygen atoms in total. The van der Waals surface area contributed by atoms with Crippen molar-refractivity contribution in [2.75, 3.05) is 0 Å². The molecule has 0 bridgehead atoms. The van der Waals surface area contributed by atoms with E-state index in [1.165, 1.54) is 37.7 Å². The van der Waals surface area contributed by atoms with Crippen molar-refractivity contribution in [3.05, 3.63) is 34.3 Å². The highest BCUT2D eigenvalue weighted by Crippen LogP contribution is 2.28. The van der Waals surface area contributed by atoms with E-state index in [1.807, 2.05) is 0 Å². The van der Waals surface area contributed by atoms with Gasteiger partial charge in [0.05, 0.1) is 0 Å². The van der Waals surface area contributed by atoms with Gasteiger partial charge in [0.2, 0.25) is 0 Å². The van der Waals surface area contributed by atoms with Crippen LogP contribution in [0.2, 0.25) is 0 Å². The molecule has 18 heavy (non-hydrogen) atoms. The third-order valence-corrected chi connectivity index (χ3v) is 4.74. The Kier molecular flexibility index (Phi) is 5.25. The summed E-state index contributed by atoms with van der Waals surface area (Å²) in [5.41, 5.74) is 1.39. The number of benzene rings is 1. The zero-order valence-corrected chi connectivity index (χ0v) is 13.0. The fraction of sp³-hybridized carbons (Fsp3) is 0.625. The van der Waals surface area contributed by atoms with Gasteiger partial charge >= 0.3 is 0 Å². The third-order valence-electron chi connectivity index (χ3n) is 4.22. The van der Waals surface area contributed by atoms with E-state index in [0.29, 0.717) is 12.1 Å². The largest absolute Gasteiger partial charge is 0.307 e. The first kappa shape index (κ1) is 14.1. The quantitative estimate of drug-likeness (QED) is 0.819. The minimum atomic E-state index is 0.457. The molecule has 0 amide bonds. The Morgan fingerprint density at radius 1 is 1.28 bits per heavy atom. The van der Waals surface area contributed by atoms with Gasteiger partial charge in [-0.25, -0.2) is 0 Å². The highest BCUT2D eigenvalue weighted by atomic mass is 79.9. The molecular formula is C16H24BrN. The summed E-state index contributed by atoms with van der Waals surface area (Å²) in [7, 11) is 0. The van der Waals surface area contributed by atoms with E-state index < -0.39 is 0 Å². The number of nitrogens with one attached hydrogen (secondary N) is 1. The topological polar surface area (TPSA) is 12.0 Å². The zero-order chi connectivity index (χ0) is 13.0. The van der Waals surface area contributed by atoms with Crippen LogP contribution in [-0.4, -0.2) is 6.04 Å².